The van der Waals surface area contributed by atoms with E-state index < -0.39 is 0 Å². The molecule has 2 saturated heterocycles. The summed E-state index contributed by atoms with van der Waals surface area (Å²) in [5.41, 5.74) is 0. The average Bonchev–Trinajstić information content (AvgIpc) is 2.67. The lowest BCUT2D eigenvalue weighted by atomic mass is 10.0. The van der Waals surface area contributed by atoms with Gasteiger partial charge in [-0.1, -0.05) is 26.7 Å². The average molecular weight is 252 g/mol. The summed E-state index contributed by atoms with van der Waals surface area (Å²) >= 11 is 0. The SMILES string of the molecule is CC(C)C(=O)N1CCC(N2CCCCCC2)CC1. The quantitative estimate of drug-likeness (QED) is 0.754. The van der Waals surface area contributed by atoms with Crippen molar-refractivity contribution in [2.45, 2.75) is 58.4 Å². The second-order valence-electron chi connectivity index (χ2n) is 6.16. The highest BCUT2D eigenvalue weighted by Crippen LogP contribution is 2.21. The minimum atomic E-state index is 0.153. The van der Waals surface area contributed by atoms with Gasteiger partial charge in [-0.3, -0.25) is 4.79 Å². The van der Waals surface area contributed by atoms with Gasteiger partial charge in [0.25, 0.3) is 0 Å². The third-order valence-corrected chi connectivity index (χ3v) is 4.43. The fourth-order valence-electron chi connectivity index (χ4n) is 3.28. The molecule has 0 bridgehead atoms. The summed E-state index contributed by atoms with van der Waals surface area (Å²) in [7, 11) is 0. The van der Waals surface area contributed by atoms with Gasteiger partial charge in [0, 0.05) is 25.0 Å². The van der Waals surface area contributed by atoms with Crippen molar-refractivity contribution < 1.29 is 4.79 Å². The van der Waals surface area contributed by atoms with Crippen molar-refractivity contribution in [3.63, 3.8) is 0 Å². The van der Waals surface area contributed by atoms with Gasteiger partial charge in [-0.05, 0) is 38.8 Å². The molecule has 0 atom stereocenters. The lowest BCUT2D eigenvalue weighted by Gasteiger charge is -2.38. The van der Waals surface area contributed by atoms with Crippen molar-refractivity contribution in [1.29, 1.82) is 0 Å². The summed E-state index contributed by atoms with van der Waals surface area (Å²) in [5.74, 6) is 0.490. The molecule has 3 nitrogen and oxygen atoms in total. The lowest BCUT2D eigenvalue weighted by Crippen LogP contribution is -2.47. The minimum Gasteiger partial charge on any atom is -0.342 e. The van der Waals surface area contributed by atoms with Gasteiger partial charge in [0.05, 0.1) is 0 Å². The molecule has 2 rings (SSSR count). The number of hydrogen-bond donors (Lipinski definition) is 0. The molecule has 2 aliphatic rings. The number of likely N-dealkylation sites (tertiary alicyclic amines) is 2. The summed E-state index contributed by atoms with van der Waals surface area (Å²) in [6.45, 7) is 8.51. The predicted octanol–water partition coefficient (Wildman–Crippen LogP) is 2.51. The Hall–Kier alpha value is -0.570. The van der Waals surface area contributed by atoms with Crippen LogP contribution in [-0.2, 0) is 4.79 Å². The first-order valence-electron chi connectivity index (χ1n) is 7.71. The van der Waals surface area contributed by atoms with Gasteiger partial charge in [0.15, 0.2) is 0 Å². The fourth-order valence-corrected chi connectivity index (χ4v) is 3.28. The van der Waals surface area contributed by atoms with Crippen LogP contribution in [0.15, 0.2) is 0 Å². The van der Waals surface area contributed by atoms with E-state index in [0.29, 0.717) is 5.91 Å². The second kappa shape index (κ2) is 6.55. The molecule has 18 heavy (non-hydrogen) atoms. The van der Waals surface area contributed by atoms with Gasteiger partial charge in [-0.25, -0.2) is 0 Å². The standard InChI is InChI=1S/C15H28N2O/c1-13(2)15(18)17-11-7-14(8-12-17)16-9-5-3-4-6-10-16/h13-14H,3-12H2,1-2H3. The Morgan fingerprint density at radius 2 is 1.50 bits per heavy atom. The van der Waals surface area contributed by atoms with Crippen LogP contribution in [0.4, 0.5) is 0 Å². The number of piperidine rings is 1. The van der Waals surface area contributed by atoms with Crippen molar-refractivity contribution >= 4 is 5.91 Å². The Morgan fingerprint density at radius 1 is 0.944 bits per heavy atom. The first-order chi connectivity index (χ1) is 8.68. The van der Waals surface area contributed by atoms with E-state index in [0.717, 1.165) is 19.1 Å². The van der Waals surface area contributed by atoms with Gasteiger partial charge in [0.1, 0.15) is 0 Å². The van der Waals surface area contributed by atoms with Crippen LogP contribution in [0.1, 0.15) is 52.4 Å². The molecule has 0 saturated carbocycles. The Morgan fingerprint density at radius 3 is 2.00 bits per heavy atom. The maximum atomic E-state index is 11.9. The van der Waals surface area contributed by atoms with E-state index in [1.165, 1.54) is 51.6 Å². The van der Waals surface area contributed by atoms with Crippen molar-refractivity contribution in [1.82, 2.24) is 9.80 Å². The molecule has 2 heterocycles. The molecule has 104 valence electrons. The van der Waals surface area contributed by atoms with Gasteiger partial charge < -0.3 is 9.80 Å². The molecule has 0 aromatic heterocycles. The summed E-state index contributed by atoms with van der Waals surface area (Å²) in [5, 5.41) is 0. The first kappa shape index (κ1) is 13.9. The van der Waals surface area contributed by atoms with Crippen LogP contribution in [0.5, 0.6) is 0 Å². The highest BCUT2D eigenvalue weighted by atomic mass is 16.2. The number of amides is 1. The van der Waals surface area contributed by atoms with Crippen LogP contribution in [0.25, 0.3) is 0 Å². The maximum absolute atomic E-state index is 11.9. The number of nitrogens with zero attached hydrogens (tertiary/aromatic N) is 2. The summed E-state index contributed by atoms with van der Waals surface area (Å²) in [4.78, 5) is 16.7. The lowest BCUT2D eigenvalue weighted by molar-refractivity contribution is -0.136. The van der Waals surface area contributed by atoms with E-state index in [9.17, 15) is 4.79 Å². The van der Waals surface area contributed by atoms with Crippen LogP contribution in [0, 0.1) is 5.92 Å². The number of carbonyl (C=O) groups excluding carboxylic acids is 1. The highest BCUT2D eigenvalue weighted by Gasteiger charge is 2.27. The molecule has 0 aromatic rings. The second-order valence-corrected chi connectivity index (χ2v) is 6.16. The molecule has 0 radical (unpaired) electrons. The third kappa shape index (κ3) is 3.47. The Balaban J connectivity index is 1.80. The van der Waals surface area contributed by atoms with E-state index in [1.807, 2.05) is 13.8 Å². The zero-order valence-electron chi connectivity index (χ0n) is 12.0. The van der Waals surface area contributed by atoms with E-state index in [1.54, 1.807) is 0 Å². The van der Waals surface area contributed by atoms with Crippen LogP contribution < -0.4 is 0 Å². The van der Waals surface area contributed by atoms with Gasteiger partial charge >= 0.3 is 0 Å². The van der Waals surface area contributed by atoms with E-state index >= 15 is 0 Å². The summed E-state index contributed by atoms with van der Waals surface area (Å²) in [6.07, 6.45) is 7.90. The first-order valence-corrected chi connectivity index (χ1v) is 7.71. The van der Waals surface area contributed by atoms with Crippen LogP contribution in [0.2, 0.25) is 0 Å². The van der Waals surface area contributed by atoms with Gasteiger partial charge in [0.2, 0.25) is 5.91 Å². The fraction of sp³-hybridized carbons (Fsp3) is 0.933. The summed E-state index contributed by atoms with van der Waals surface area (Å²) < 4.78 is 0. The zero-order valence-corrected chi connectivity index (χ0v) is 12.0. The highest BCUT2D eigenvalue weighted by molar-refractivity contribution is 5.78. The van der Waals surface area contributed by atoms with E-state index in [2.05, 4.69) is 9.80 Å². The molecule has 1 amide bonds. The normalized spacial score (nSPS) is 24.3. The Bertz CT molecular complexity index is 262. The zero-order chi connectivity index (χ0) is 13.0. The molecule has 2 fully saturated rings. The van der Waals surface area contributed by atoms with Crippen LogP contribution in [0.3, 0.4) is 0 Å². The topological polar surface area (TPSA) is 23.6 Å². The largest absolute Gasteiger partial charge is 0.342 e. The number of hydrogen-bond acceptors (Lipinski definition) is 2. The minimum absolute atomic E-state index is 0.153. The number of carbonyl (C=O) groups is 1. The number of rotatable bonds is 2. The smallest absolute Gasteiger partial charge is 0.225 e. The molecule has 2 aliphatic heterocycles. The van der Waals surface area contributed by atoms with E-state index in [-0.39, 0.29) is 5.92 Å². The van der Waals surface area contributed by atoms with Crippen molar-refractivity contribution in [3.8, 4) is 0 Å². The predicted molar refractivity (Wildman–Crippen MR) is 74.5 cm³/mol. The molecule has 0 aliphatic carbocycles. The Kier molecular flexibility index (Phi) is 5.04. The van der Waals surface area contributed by atoms with Crippen molar-refractivity contribution in [2.24, 2.45) is 5.92 Å². The van der Waals surface area contributed by atoms with Crippen molar-refractivity contribution in [2.75, 3.05) is 26.2 Å². The van der Waals surface area contributed by atoms with Gasteiger partial charge in [-0.2, -0.15) is 0 Å². The molecule has 0 aromatic carbocycles. The molecule has 0 N–H and O–H groups in total. The Labute approximate surface area is 112 Å². The molecular formula is C15H28N2O. The maximum Gasteiger partial charge on any atom is 0.225 e. The van der Waals surface area contributed by atoms with Crippen LogP contribution >= 0.6 is 0 Å². The monoisotopic (exact) mass is 252 g/mol. The molecular weight excluding hydrogens is 224 g/mol. The molecule has 0 spiro atoms. The summed E-state index contributed by atoms with van der Waals surface area (Å²) in [6, 6.07) is 0.735. The van der Waals surface area contributed by atoms with Crippen molar-refractivity contribution in [3.05, 3.63) is 0 Å². The molecule has 0 unspecified atom stereocenters. The van der Waals surface area contributed by atoms with E-state index in [4.69, 9.17) is 0 Å². The third-order valence-electron chi connectivity index (χ3n) is 4.43. The molecule has 3 heteroatoms. The van der Waals surface area contributed by atoms with Crippen LogP contribution in [-0.4, -0.2) is 47.9 Å². The van der Waals surface area contributed by atoms with Gasteiger partial charge in [-0.15, -0.1) is 0 Å².